The average Bonchev–Trinajstić information content (AvgIpc) is 3.26. The summed E-state index contributed by atoms with van der Waals surface area (Å²) >= 11 is 0. The van der Waals surface area contributed by atoms with Gasteiger partial charge in [-0.25, -0.2) is 4.79 Å². The summed E-state index contributed by atoms with van der Waals surface area (Å²) in [6.07, 6.45) is -7.91. The lowest BCUT2D eigenvalue weighted by atomic mass is 9.93. The van der Waals surface area contributed by atoms with E-state index in [4.69, 9.17) is 33.2 Å². The lowest BCUT2D eigenvalue weighted by Gasteiger charge is -2.46. The first-order valence-electron chi connectivity index (χ1n) is 10.9. The van der Waals surface area contributed by atoms with Crippen LogP contribution in [0.15, 0.2) is 30.3 Å². The van der Waals surface area contributed by atoms with Crippen LogP contribution in [0.1, 0.15) is 24.2 Å². The lowest BCUT2D eigenvalue weighted by Crippen LogP contribution is -2.64. The van der Waals surface area contributed by atoms with Crippen LogP contribution in [0.25, 0.3) is 0 Å². The van der Waals surface area contributed by atoms with Gasteiger partial charge in [-0.2, -0.15) is 0 Å². The van der Waals surface area contributed by atoms with Crippen molar-refractivity contribution in [2.24, 2.45) is 5.92 Å². The Bertz CT molecular complexity index is 832. The zero-order valence-electron chi connectivity index (χ0n) is 19.0. The molecule has 3 saturated heterocycles. The van der Waals surface area contributed by atoms with Gasteiger partial charge in [-0.1, -0.05) is 25.1 Å². The number of hydrogen-bond acceptors (Lipinski definition) is 10. The maximum absolute atomic E-state index is 12.8. The third kappa shape index (κ3) is 4.69. The first-order chi connectivity index (χ1) is 15.8. The predicted molar refractivity (Wildman–Crippen MR) is 111 cm³/mol. The van der Waals surface area contributed by atoms with Crippen LogP contribution in [0.5, 0.6) is 0 Å². The molecule has 182 valence electrons. The van der Waals surface area contributed by atoms with Crippen LogP contribution < -0.4 is 0 Å². The van der Waals surface area contributed by atoms with Crippen molar-refractivity contribution < 1.29 is 47.9 Å². The fourth-order valence-electron chi connectivity index (χ4n) is 4.65. The van der Waals surface area contributed by atoms with Crippen molar-refractivity contribution in [1.29, 1.82) is 0 Å². The molecule has 0 aromatic heterocycles. The molecule has 0 aliphatic carbocycles. The molecule has 1 aromatic rings. The molecule has 10 atom stereocenters. The van der Waals surface area contributed by atoms with E-state index in [1.807, 2.05) is 6.92 Å². The number of esters is 1. The van der Waals surface area contributed by atoms with Crippen molar-refractivity contribution in [2.45, 2.75) is 69.2 Å². The number of rotatable bonds is 7. The van der Waals surface area contributed by atoms with Crippen LogP contribution in [0.3, 0.4) is 0 Å². The van der Waals surface area contributed by atoms with Crippen LogP contribution in [-0.4, -0.2) is 93.0 Å². The summed E-state index contributed by atoms with van der Waals surface area (Å²) < 4.78 is 40.5. The van der Waals surface area contributed by atoms with E-state index in [9.17, 15) is 14.7 Å². The molecule has 0 spiro atoms. The fraction of sp³-hybridized carbons (Fsp3) is 0.652. The van der Waals surface area contributed by atoms with Crippen molar-refractivity contribution in [2.75, 3.05) is 20.8 Å². The average molecular weight is 466 g/mol. The van der Waals surface area contributed by atoms with Gasteiger partial charge in [0, 0.05) is 20.1 Å². The molecule has 3 heterocycles. The number of aliphatic hydroxyl groups is 1. The Labute approximate surface area is 192 Å². The molecule has 3 aliphatic heterocycles. The van der Waals surface area contributed by atoms with Gasteiger partial charge in [0.25, 0.3) is 0 Å². The van der Waals surface area contributed by atoms with E-state index < -0.39 is 67.1 Å². The molecule has 1 N–H and O–H groups in total. The van der Waals surface area contributed by atoms with Gasteiger partial charge in [0.1, 0.15) is 30.5 Å². The molecular formula is C23H30O10. The summed E-state index contributed by atoms with van der Waals surface area (Å²) in [7, 11) is 2.92. The van der Waals surface area contributed by atoms with Gasteiger partial charge in [-0.3, -0.25) is 4.79 Å². The fourth-order valence-corrected chi connectivity index (χ4v) is 4.65. The molecule has 0 radical (unpaired) electrons. The van der Waals surface area contributed by atoms with Crippen LogP contribution in [0.4, 0.5) is 0 Å². The van der Waals surface area contributed by atoms with E-state index in [1.165, 1.54) is 14.0 Å². The first-order valence-corrected chi connectivity index (χ1v) is 10.9. The maximum Gasteiger partial charge on any atom is 0.338 e. The third-order valence-electron chi connectivity index (χ3n) is 6.38. The largest absolute Gasteiger partial charge is 0.450 e. The maximum atomic E-state index is 12.8. The van der Waals surface area contributed by atoms with Crippen LogP contribution in [0, 0.1) is 5.92 Å². The number of hydrogen-bond donors (Lipinski definition) is 1. The number of methoxy groups -OCH3 is 2. The molecule has 3 aliphatic rings. The predicted octanol–water partition coefficient (Wildman–Crippen LogP) is 0.693. The number of ether oxygens (including phenoxy) is 7. The smallest absolute Gasteiger partial charge is 0.338 e. The summed E-state index contributed by atoms with van der Waals surface area (Å²) in [4.78, 5) is 25.0. The van der Waals surface area contributed by atoms with Gasteiger partial charge < -0.3 is 38.3 Å². The van der Waals surface area contributed by atoms with Gasteiger partial charge >= 0.3 is 5.97 Å². The number of fused-ring (bicyclic) bond motifs is 2. The number of aliphatic hydroxyl groups excluding tert-OH is 1. The quantitative estimate of drug-likeness (QED) is 0.575. The molecule has 3 fully saturated rings. The Hall–Kier alpha value is -1.92. The second-order valence-corrected chi connectivity index (χ2v) is 8.50. The van der Waals surface area contributed by atoms with E-state index in [0.29, 0.717) is 12.2 Å². The third-order valence-corrected chi connectivity index (χ3v) is 6.38. The van der Waals surface area contributed by atoms with E-state index in [0.717, 1.165) is 0 Å². The second-order valence-electron chi connectivity index (χ2n) is 8.50. The molecule has 4 unspecified atom stereocenters. The van der Waals surface area contributed by atoms with E-state index in [1.54, 1.807) is 37.4 Å². The van der Waals surface area contributed by atoms with Crippen molar-refractivity contribution in [1.82, 2.24) is 0 Å². The van der Waals surface area contributed by atoms with Crippen molar-refractivity contribution in [3.63, 3.8) is 0 Å². The van der Waals surface area contributed by atoms with Crippen LogP contribution in [0.2, 0.25) is 0 Å². The number of carbonyl (C=O) groups is 2. The summed E-state index contributed by atoms with van der Waals surface area (Å²) in [5.41, 5.74) is 0.311. The normalized spacial score (nSPS) is 40.4. The number of benzene rings is 1. The Morgan fingerprint density at radius 2 is 1.70 bits per heavy atom. The molecule has 0 amide bonds. The molecule has 10 nitrogen and oxygen atoms in total. The van der Waals surface area contributed by atoms with E-state index in [2.05, 4.69) is 0 Å². The van der Waals surface area contributed by atoms with E-state index >= 15 is 0 Å². The number of carbonyl (C=O) groups excluding carboxylic acids is 2. The second kappa shape index (κ2) is 10.1. The van der Waals surface area contributed by atoms with Gasteiger partial charge in [0.15, 0.2) is 24.5 Å². The highest BCUT2D eigenvalue weighted by atomic mass is 16.8. The molecule has 1 aromatic carbocycles. The van der Waals surface area contributed by atoms with Crippen molar-refractivity contribution >= 4 is 11.8 Å². The highest BCUT2D eigenvalue weighted by Crippen LogP contribution is 2.38. The van der Waals surface area contributed by atoms with E-state index in [-0.39, 0.29) is 5.92 Å². The summed E-state index contributed by atoms with van der Waals surface area (Å²) in [6.45, 7) is 3.52. The van der Waals surface area contributed by atoms with Gasteiger partial charge in [-0.05, 0) is 19.1 Å². The summed E-state index contributed by atoms with van der Waals surface area (Å²) in [6, 6.07) is 8.39. The zero-order chi connectivity index (χ0) is 23.7. The number of ketones is 1. The highest BCUT2D eigenvalue weighted by molar-refractivity contribution is 5.89. The molecule has 10 heteroatoms. The molecule has 33 heavy (non-hydrogen) atoms. The molecule has 2 bridgehead atoms. The highest BCUT2D eigenvalue weighted by Gasteiger charge is 2.55. The molecule has 0 saturated carbocycles. The van der Waals surface area contributed by atoms with Crippen LogP contribution >= 0.6 is 0 Å². The summed E-state index contributed by atoms with van der Waals surface area (Å²) in [5.74, 6) is -1.19. The summed E-state index contributed by atoms with van der Waals surface area (Å²) in [5, 5.41) is 10.7. The first kappa shape index (κ1) is 24.2. The SMILES string of the molecule is COC1C(C)[C@@H]2OC[C@H](O2)[C@H]1O[C@@H]1OC(C(C)=O)[C@H](O)[C@@H](OC)C1OC(=O)c1ccccc1. The molecule has 4 rings (SSSR count). The Balaban J connectivity index is 1.62. The Morgan fingerprint density at radius 1 is 1.00 bits per heavy atom. The van der Waals surface area contributed by atoms with Crippen LogP contribution in [-0.2, 0) is 38.0 Å². The lowest BCUT2D eigenvalue weighted by molar-refractivity contribution is -0.328. The van der Waals surface area contributed by atoms with Crippen molar-refractivity contribution in [3.05, 3.63) is 35.9 Å². The Kier molecular flexibility index (Phi) is 7.44. The molecular weight excluding hydrogens is 436 g/mol. The topological polar surface area (TPSA) is 119 Å². The Morgan fingerprint density at radius 3 is 2.33 bits per heavy atom. The minimum Gasteiger partial charge on any atom is -0.450 e. The van der Waals surface area contributed by atoms with Gasteiger partial charge in [-0.15, -0.1) is 0 Å². The van der Waals surface area contributed by atoms with Crippen molar-refractivity contribution in [3.8, 4) is 0 Å². The minimum absolute atomic E-state index is 0.139. The van der Waals surface area contributed by atoms with Gasteiger partial charge in [0.05, 0.1) is 18.3 Å². The van der Waals surface area contributed by atoms with Gasteiger partial charge in [0.2, 0.25) is 0 Å². The standard InChI is InChI=1S/C23H30O10/c1-11-16(27-3)18(14-10-29-22(11)30-14)33-23-20(31-21(26)13-8-6-5-7-9-13)19(28-4)15(25)17(32-23)12(2)24/h5-9,11,14-20,22-23,25H,10H2,1-4H3/t11?,14-,15-,16?,17?,18+,19+,20?,22+,23-/m0/s1. The monoisotopic (exact) mass is 466 g/mol. The zero-order valence-corrected chi connectivity index (χ0v) is 19.0. The number of Topliss-reactive ketones (excluding diaryl/α,β-unsaturated/α-hetero) is 1. The minimum atomic E-state index is -1.36.